The van der Waals surface area contributed by atoms with Crippen molar-refractivity contribution in [3.63, 3.8) is 0 Å². The minimum atomic E-state index is -1.25. The van der Waals surface area contributed by atoms with Crippen LogP contribution in [0, 0.1) is 10.1 Å². The van der Waals surface area contributed by atoms with Gasteiger partial charge in [-0.15, -0.1) is 0 Å². The first-order chi connectivity index (χ1) is 12.9. The van der Waals surface area contributed by atoms with Gasteiger partial charge in [-0.2, -0.15) is 0 Å². The van der Waals surface area contributed by atoms with E-state index in [9.17, 15) is 24.8 Å². The molecule has 1 amide bonds. The predicted molar refractivity (Wildman–Crippen MR) is 101 cm³/mol. The number of carboxylic acids is 1. The molecule has 0 saturated heterocycles. The van der Waals surface area contributed by atoms with Crippen molar-refractivity contribution in [1.29, 1.82) is 0 Å². The van der Waals surface area contributed by atoms with E-state index in [1.54, 1.807) is 20.8 Å². The summed E-state index contributed by atoms with van der Waals surface area (Å²) in [4.78, 5) is 36.1. The summed E-state index contributed by atoms with van der Waals surface area (Å²) in [6.07, 6.45) is -0.893. The Morgan fingerprint density at radius 1 is 1.25 bits per heavy atom. The van der Waals surface area contributed by atoms with Crippen molar-refractivity contribution >= 4 is 33.8 Å². The topological polar surface area (TPSA) is 128 Å². The molecule has 1 N–H and O–H groups in total. The van der Waals surface area contributed by atoms with Crippen molar-refractivity contribution in [2.75, 3.05) is 14.2 Å². The van der Waals surface area contributed by atoms with Gasteiger partial charge in [0.1, 0.15) is 0 Å². The molecule has 0 aliphatic carbocycles. The van der Waals surface area contributed by atoms with Gasteiger partial charge in [-0.3, -0.25) is 0 Å². The number of nitro benzene ring substituents is 1. The second-order valence-electron chi connectivity index (χ2n) is 6.74. The molecule has 0 spiro atoms. The standard InChI is InChI=1S/C17H24N2O8Se/c1-17(2,3)27-16(22)18(12(9-28)15(20)21)8-10-6-13(25-4)14(26-5)7-11(10)19(23)24/h6-7,12,28H,8-9H2,1-5H3,(H,20,21)/t12-/m0/s1. The van der Waals surface area contributed by atoms with Crippen LogP contribution in [0.2, 0.25) is 5.32 Å². The van der Waals surface area contributed by atoms with E-state index >= 15 is 0 Å². The van der Waals surface area contributed by atoms with Crippen molar-refractivity contribution < 1.29 is 33.8 Å². The van der Waals surface area contributed by atoms with Crippen LogP contribution in [0.25, 0.3) is 0 Å². The number of rotatable bonds is 8. The number of carbonyl (C=O) groups excluding carboxylic acids is 1. The van der Waals surface area contributed by atoms with E-state index in [2.05, 4.69) is 16.0 Å². The number of carbonyl (C=O) groups is 2. The third-order valence-corrected chi connectivity index (χ3v) is 4.31. The molecule has 0 saturated carbocycles. The number of benzene rings is 1. The molecule has 0 bridgehead atoms. The van der Waals surface area contributed by atoms with Crippen molar-refractivity contribution in [2.24, 2.45) is 0 Å². The summed E-state index contributed by atoms with van der Waals surface area (Å²) in [7, 11) is 2.70. The van der Waals surface area contributed by atoms with Crippen molar-refractivity contribution in [2.45, 2.75) is 44.3 Å². The maximum absolute atomic E-state index is 12.6. The molecule has 0 heterocycles. The monoisotopic (exact) mass is 464 g/mol. The summed E-state index contributed by atoms with van der Waals surface area (Å²) in [5, 5.41) is 21.0. The average Bonchev–Trinajstić information content (AvgIpc) is 2.58. The Balaban J connectivity index is 3.46. The van der Waals surface area contributed by atoms with Crippen LogP contribution in [0.15, 0.2) is 12.1 Å². The number of amides is 1. The van der Waals surface area contributed by atoms with Gasteiger partial charge in [0.25, 0.3) is 0 Å². The molecule has 0 aromatic heterocycles. The van der Waals surface area contributed by atoms with Crippen LogP contribution < -0.4 is 9.47 Å². The Hall–Kier alpha value is -2.52. The molecule has 0 aliphatic rings. The van der Waals surface area contributed by atoms with Gasteiger partial charge in [0.05, 0.1) is 0 Å². The Bertz CT molecular complexity index is 747. The van der Waals surface area contributed by atoms with Gasteiger partial charge in [-0.1, -0.05) is 0 Å². The van der Waals surface area contributed by atoms with Crippen LogP contribution in [0.1, 0.15) is 26.3 Å². The summed E-state index contributed by atoms with van der Waals surface area (Å²) in [5.74, 6) is -0.898. The van der Waals surface area contributed by atoms with Crippen molar-refractivity contribution in [3.05, 3.63) is 27.8 Å². The first-order valence-corrected chi connectivity index (χ1v) is 9.50. The van der Waals surface area contributed by atoms with Crippen LogP contribution in [0.4, 0.5) is 10.5 Å². The van der Waals surface area contributed by atoms with E-state index in [0.29, 0.717) is 0 Å². The molecule has 0 aliphatic heterocycles. The summed E-state index contributed by atoms with van der Waals surface area (Å²) >= 11 is 2.09. The van der Waals surface area contributed by atoms with E-state index in [4.69, 9.17) is 14.2 Å². The van der Waals surface area contributed by atoms with Crippen LogP contribution in [-0.4, -0.2) is 68.9 Å². The molecule has 1 aromatic carbocycles. The number of nitro groups is 1. The zero-order valence-electron chi connectivity index (χ0n) is 16.3. The van der Waals surface area contributed by atoms with Crippen LogP contribution >= 0.6 is 0 Å². The van der Waals surface area contributed by atoms with Gasteiger partial charge in [-0.25, -0.2) is 0 Å². The number of ether oxygens (including phenoxy) is 3. The molecular formula is C17H24N2O8Se. The summed E-state index contributed by atoms with van der Waals surface area (Å²) < 4.78 is 15.5. The number of hydrogen-bond acceptors (Lipinski definition) is 7. The number of nitrogens with zero attached hydrogens (tertiary/aromatic N) is 2. The second kappa shape index (κ2) is 9.61. The van der Waals surface area contributed by atoms with E-state index in [1.807, 2.05) is 0 Å². The summed E-state index contributed by atoms with van der Waals surface area (Å²) in [6.45, 7) is 4.56. The zero-order valence-corrected chi connectivity index (χ0v) is 18.2. The van der Waals surface area contributed by atoms with Crippen LogP contribution in [0.3, 0.4) is 0 Å². The van der Waals surface area contributed by atoms with Crippen molar-refractivity contribution in [3.8, 4) is 11.5 Å². The summed E-state index contributed by atoms with van der Waals surface area (Å²) in [5.41, 5.74) is -1.12. The first kappa shape index (κ1) is 23.5. The molecule has 1 aromatic rings. The van der Waals surface area contributed by atoms with Gasteiger partial charge >= 0.3 is 170 Å². The van der Waals surface area contributed by atoms with E-state index in [-0.39, 0.29) is 34.6 Å². The molecule has 1 atom stereocenters. The maximum atomic E-state index is 12.6. The molecule has 0 fully saturated rings. The quantitative estimate of drug-likeness (QED) is 0.353. The Morgan fingerprint density at radius 2 is 1.79 bits per heavy atom. The fourth-order valence-corrected chi connectivity index (χ4v) is 3.06. The Morgan fingerprint density at radius 3 is 2.18 bits per heavy atom. The average molecular weight is 463 g/mol. The molecule has 10 nitrogen and oxygen atoms in total. The predicted octanol–water partition coefficient (Wildman–Crippen LogP) is 2.12. The molecule has 1 rings (SSSR count). The van der Waals surface area contributed by atoms with E-state index in [1.165, 1.54) is 26.4 Å². The normalized spacial score (nSPS) is 12.1. The third kappa shape index (κ3) is 6.00. The molecule has 156 valence electrons. The Kier molecular flexibility index (Phi) is 8.07. The molecule has 28 heavy (non-hydrogen) atoms. The van der Waals surface area contributed by atoms with Crippen LogP contribution in [0.5, 0.6) is 11.5 Å². The molecule has 11 heteroatoms. The van der Waals surface area contributed by atoms with Crippen LogP contribution in [-0.2, 0) is 16.1 Å². The first-order valence-electron chi connectivity index (χ1n) is 8.17. The fraction of sp³-hybridized carbons (Fsp3) is 0.529. The minimum absolute atomic E-state index is 0.0304. The number of aliphatic carboxylic acids is 1. The van der Waals surface area contributed by atoms with E-state index in [0.717, 1.165) is 4.90 Å². The van der Waals surface area contributed by atoms with Gasteiger partial charge < -0.3 is 0 Å². The Labute approximate surface area is 170 Å². The third-order valence-electron chi connectivity index (χ3n) is 3.58. The van der Waals surface area contributed by atoms with E-state index < -0.39 is 28.6 Å². The fourth-order valence-electron chi connectivity index (χ4n) is 2.32. The van der Waals surface area contributed by atoms with Crippen molar-refractivity contribution in [1.82, 2.24) is 4.90 Å². The van der Waals surface area contributed by atoms with Gasteiger partial charge in [0, 0.05) is 0 Å². The summed E-state index contributed by atoms with van der Waals surface area (Å²) in [6, 6.07) is 1.26. The number of methoxy groups -OCH3 is 2. The zero-order chi connectivity index (χ0) is 21.6. The number of carboxylic acid groups (broad SMARTS) is 1. The van der Waals surface area contributed by atoms with Gasteiger partial charge in [0.15, 0.2) is 0 Å². The molecular weight excluding hydrogens is 439 g/mol. The second-order valence-corrected chi connectivity index (χ2v) is 7.50. The van der Waals surface area contributed by atoms with Gasteiger partial charge in [-0.05, 0) is 0 Å². The molecule has 0 radical (unpaired) electrons. The SMILES string of the molecule is COc1cc(CN(C(=O)OC(C)(C)C)[C@@H](C[SeH])C(=O)O)c([N+](=O)[O-])cc1OC. The van der Waals surface area contributed by atoms with Gasteiger partial charge in [0.2, 0.25) is 0 Å². The number of hydrogen-bond donors (Lipinski definition) is 1. The molecule has 0 unspecified atom stereocenters.